The van der Waals surface area contributed by atoms with Crippen molar-refractivity contribution in [3.8, 4) is 0 Å². The molecule has 4 heteroatoms. The van der Waals surface area contributed by atoms with Crippen molar-refractivity contribution in [2.75, 3.05) is 0 Å². The molecule has 0 aliphatic rings. The van der Waals surface area contributed by atoms with E-state index in [-0.39, 0.29) is 11.7 Å². The summed E-state index contributed by atoms with van der Waals surface area (Å²) in [4.78, 5) is 23.8. The van der Waals surface area contributed by atoms with Gasteiger partial charge in [0.2, 0.25) is 0 Å². The second kappa shape index (κ2) is 6.16. The topological polar surface area (TPSA) is 46.2 Å². The van der Waals surface area contributed by atoms with Crippen LogP contribution in [0.15, 0.2) is 60.7 Å². The van der Waals surface area contributed by atoms with Gasteiger partial charge in [-0.2, -0.15) is 0 Å². The molecule has 0 radical (unpaired) electrons. The van der Waals surface area contributed by atoms with E-state index in [1.54, 1.807) is 48.5 Å². The van der Waals surface area contributed by atoms with Crippen LogP contribution in [-0.4, -0.2) is 17.2 Å². The Balaban J connectivity index is 2.04. The number of hydrogen-bond donors (Lipinski definition) is 1. The van der Waals surface area contributed by atoms with E-state index >= 15 is 0 Å². The predicted octanol–water partition coefficient (Wildman–Crippen LogP) is 2.86. The number of carbonyl (C=O) groups is 2. The molecule has 19 heavy (non-hydrogen) atoms. The molecule has 0 heterocycles. The third kappa shape index (κ3) is 3.42. The van der Waals surface area contributed by atoms with E-state index in [4.69, 9.17) is 11.6 Å². The molecule has 1 amide bonds. The normalized spacial score (nSPS) is 11.6. The summed E-state index contributed by atoms with van der Waals surface area (Å²) in [5, 5.41) is 2.47. The molecule has 0 aliphatic heterocycles. The van der Waals surface area contributed by atoms with E-state index in [1.807, 2.05) is 12.1 Å². The van der Waals surface area contributed by atoms with Crippen molar-refractivity contribution < 1.29 is 9.59 Å². The van der Waals surface area contributed by atoms with Crippen molar-refractivity contribution in [1.82, 2.24) is 5.32 Å². The Hall–Kier alpha value is -2.13. The lowest BCUT2D eigenvalue weighted by molar-refractivity contribution is 0.0889. The van der Waals surface area contributed by atoms with E-state index in [1.165, 1.54) is 0 Å². The zero-order valence-corrected chi connectivity index (χ0v) is 10.8. The molecule has 1 N–H and O–H groups in total. The maximum absolute atomic E-state index is 12.0. The van der Waals surface area contributed by atoms with Gasteiger partial charge in [0.1, 0.15) is 0 Å². The number of carbonyl (C=O) groups excluding carboxylic acids is 2. The molecular formula is C15H12ClNO2. The Morgan fingerprint density at radius 2 is 1.32 bits per heavy atom. The van der Waals surface area contributed by atoms with E-state index in [2.05, 4.69) is 5.32 Å². The maximum atomic E-state index is 12.0. The number of alkyl halides is 1. The first-order chi connectivity index (χ1) is 9.18. The second-order valence-electron chi connectivity index (χ2n) is 3.93. The molecule has 0 aromatic heterocycles. The van der Waals surface area contributed by atoms with Crippen LogP contribution in [0.4, 0.5) is 0 Å². The van der Waals surface area contributed by atoms with Crippen LogP contribution >= 0.6 is 11.6 Å². The average molecular weight is 274 g/mol. The zero-order valence-electron chi connectivity index (χ0n) is 10.0. The molecule has 0 aliphatic carbocycles. The van der Waals surface area contributed by atoms with Crippen LogP contribution in [0.3, 0.4) is 0 Å². The number of halogens is 1. The fraction of sp³-hybridized carbons (Fsp3) is 0.0667. The van der Waals surface area contributed by atoms with Gasteiger partial charge in [0.15, 0.2) is 11.3 Å². The van der Waals surface area contributed by atoms with Gasteiger partial charge >= 0.3 is 0 Å². The summed E-state index contributed by atoms with van der Waals surface area (Å²) in [7, 11) is 0. The third-order valence-electron chi connectivity index (χ3n) is 2.58. The largest absolute Gasteiger partial charge is 0.329 e. The van der Waals surface area contributed by atoms with Crippen LogP contribution in [0, 0.1) is 0 Å². The van der Waals surface area contributed by atoms with E-state index in [9.17, 15) is 9.59 Å². The maximum Gasteiger partial charge on any atom is 0.252 e. The van der Waals surface area contributed by atoms with Gasteiger partial charge in [0, 0.05) is 11.1 Å². The first-order valence-corrected chi connectivity index (χ1v) is 6.21. The molecule has 2 aromatic carbocycles. The molecule has 96 valence electrons. The number of nitrogens with one attached hydrogen (secondary N) is 1. The number of rotatable bonds is 4. The molecule has 3 nitrogen and oxygen atoms in total. The highest BCUT2D eigenvalue weighted by atomic mass is 35.5. The first kappa shape index (κ1) is 13.3. The monoisotopic (exact) mass is 273 g/mol. The number of Topliss-reactive ketones (excluding diaryl/α,β-unsaturated/α-hetero) is 1. The summed E-state index contributed by atoms with van der Waals surface area (Å²) in [5.74, 6) is -0.698. The Morgan fingerprint density at radius 1 is 0.842 bits per heavy atom. The van der Waals surface area contributed by atoms with E-state index in [0.717, 1.165) is 0 Å². The van der Waals surface area contributed by atoms with Crippen molar-refractivity contribution in [1.29, 1.82) is 0 Å². The Labute approximate surface area is 116 Å². The number of benzene rings is 2. The smallest absolute Gasteiger partial charge is 0.252 e. The first-order valence-electron chi connectivity index (χ1n) is 5.78. The van der Waals surface area contributed by atoms with Gasteiger partial charge in [-0.25, -0.2) is 0 Å². The summed E-state index contributed by atoms with van der Waals surface area (Å²) in [5.41, 5.74) is -0.139. The highest BCUT2D eigenvalue weighted by Crippen LogP contribution is 2.07. The molecule has 0 saturated heterocycles. The summed E-state index contributed by atoms with van der Waals surface area (Å²) >= 11 is 5.93. The lowest BCUT2D eigenvalue weighted by Gasteiger charge is -2.11. The van der Waals surface area contributed by atoms with Crippen LogP contribution in [0.25, 0.3) is 0 Å². The van der Waals surface area contributed by atoms with Gasteiger partial charge in [0.05, 0.1) is 0 Å². The van der Waals surface area contributed by atoms with E-state index in [0.29, 0.717) is 11.1 Å². The Morgan fingerprint density at radius 3 is 1.84 bits per heavy atom. The predicted molar refractivity (Wildman–Crippen MR) is 74.3 cm³/mol. The van der Waals surface area contributed by atoms with Crippen molar-refractivity contribution in [2.45, 2.75) is 5.50 Å². The summed E-state index contributed by atoms with van der Waals surface area (Å²) in [6, 6.07) is 17.2. The number of ketones is 1. The standard InChI is InChI=1S/C15H12ClNO2/c16-14(13(18)11-7-3-1-4-8-11)17-15(19)12-9-5-2-6-10-12/h1-10,14H,(H,17,19). The minimum absolute atomic E-state index is 0.327. The van der Waals surface area contributed by atoms with Crippen molar-refractivity contribution in [2.24, 2.45) is 0 Å². The summed E-state index contributed by atoms with van der Waals surface area (Å²) in [6.07, 6.45) is 0. The van der Waals surface area contributed by atoms with Gasteiger partial charge in [0.25, 0.3) is 5.91 Å². The quantitative estimate of drug-likeness (QED) is 0.529. The van der Waals surface area contributed by atoms with Crippen molar-refractivity contribution in [3.05, 3.63) is 71.8 Å². The molecule has 1 unspecified atom stereocenters. The molecule has 2 aromatic rings. The van der Waals surface area contributed by atoms with Gasteiger partial charge in [-0.1, -0.05) is 60.1 Å². The third-order valence-corrected chi connectivity index (χ3v) is 2.89. The average Bonchev–Trinajstić information content (AvgIpc) is 2.48. The molecule has 0 bridgehead atoms. The fourth-order valence-electron chi connectivity index (χ4n) is 1.60. The number of amides is 1. The van der Waals surface area contributed by atoms with E-state index < -0.39 is 5.50 Å². The van der Waals surface area contributed by atoms with Crippen molar-refractivity contribution >= 4 is 23.3 Å². The minimum Gasteiger partial charge on any atom is -0.329 e. The molecule has 0 fully saturated rings. The highest BCUT2D eigenvalue weighted by Gasteiger charge is 2.19. The van der Waals surface area contributed by atoms with Gasteiger partial charge < -0.3 is 5.32 Å². The minimum atomic E-state index is -1.07. The SMILES string of the molecule is O=C(NC(Cl)C(=O)c1ccccc1)c1ccccc1. The summed E-state index contributed by atoms with van der Waals surface area (Å²) < 4.78 is 0. The Bertz CT molecular complexity index is 569. The Kier molecular flexibility index (Phi) is 4.31. The molecule has 2 rings (SSSR count). The number of hydrogen-bond acceptors (Lipinski definition) is 2. The van der Waals surface area contributed by atoms with Crippen LogP contribution in [0.2, 0.25) is 0 Å². The lowest BCUT2D eigenvalue weighted by atomic mass is 10.1. The lowest BCUT2D eigenvalue weighted by Crippen LogP contribution is -2.36. The second-order valence-corrected chi connectivity index (χ2v) is 4.37. The van der Waals surface area contributed by atoms with Gasteiger partial charge in [-0.15, -0.1) is 0 Å². The van der Waals surface area contributed by atoms with Crippen molar-refractivity contribution in [3.63, 3.8) is 0 Å². The van der Waals surface area contributed by atoms with Crippen LogP contribution in [0.1, 0.15) is 20.7 Å². The van der Waals surface area contributed by atoms with Crippen LogP contribution in [0.5, 0.6) is 0 Å². The van der Waals surface area contributed by atoms with Gasteiger partial charge in [-0.3, -0.25) is 9.59 Å². The highest BCUT2D eigenvalue weighted by molar-refractivity contribution is 6.34. The molecule has 0 spiro atoms. The van der Waals surface area contributed by atoms with Gasteiger partial charge in [-0.05, 0) is 12.1 Å². The molecular weight excluding hydrogens is 262 g/mol. The zero-order chi connectivity index (χ0) is 13.7. The summed E-state index contributed by atoms with van der Waals surface area (Å²) in [6.45, 7) is 0. The molecule has 1 atom stereocenters. The van der Waals surface area contributed by atoms with Crippen LogP contribution in [-0.2, 0) is 0 Å². The van der Waals surface area contributed by atoms with Crippen LogP contribution < -0.4 is 5.32 Å². The fourth-order valence-corrected chi connectivity index (χ4v) is 1.83. The molecule has 0 saturated carbocycles.